The standard InChI is InChI=1S/C21H17N8O2S2.Na/c1-29-13-16(12-23-29)15-9-18-17(22-11-15)7-8-19(25-18)26-20-27-28-21(32-20)33(30,31)24-10-14-5-3-2-4-6-14;/h2-9,11-13H,10H2,1H3,(H,25,26,27);/q-1;+1. The van der Waals surface area contributed by atoms with Crippen LogP contribution in [0, 0.1) is 0 Å². The van der Waals surface area contributed by atoms with Crippen LogP contribution in [0.15, 0.2) is 71.5 Å². The van der Waals surface area contributed by atoms with Crippen LogP contribution in [-0.4, -0.2) is 38.4 Å². The number of aromatic nitrogens is 6. The molecule has 0 atom stereocenters. The predicted octanol–water partition coefficient (Wildman–Crippen LogP) is 0.892. The summed E-state index contributed by atoms with van der Waals surface area (Å²) >= 11 is 0.896. The van der Waals surface area contributed by atoms with Gasteiger partial charge < -0.3 is 10.0 Å². The summed E-state index contributed by atoms with van der Waals surface area (Å²) in [4.78, 5) is 9.03. The van der Waals surface area contributed by atoms with Crippen LogP contribution < -0.4 is 34.9 Å². The van der Waals surface area contributed by atoms with E-state index in [0.717, 1.165) is 33.5 Å². The Kier molecular flexibility index (Phi) is 7.36. The number of benzene rings is 1. The summed E-state index contributed by atoms with van der Waals surface area (Å²) < 4.78 is 30.4. The number of pyridine rings is 2. The maximum absolute atomic E-state index is 12.5. The van der Waals surface area contributed by atoms with Crippen LogP contribution in [0.1, 0.15) is 5.56 Å². The van der Waals surface area contributed by atoms with E-state index >= 15 is 0 Å². The van der Waals surface area contributed by atoms with Crippen molar-refractivity contribution in [1.82, 2.24) is 29.9 Å². The van der Waals surface area contributed by atoms with Crippen LogP contribution in [0.5, 0.6) is 0 Å². The maximum Gasteiger partial charge on any atom is 1.00 e. The molecule has 0 saturated carbocycles. The molecule has 0 bridgehead atoms. The molecule has 4 heterocycles. The van der Waals surface area contributed by atoms with E-state index < -0.39 is 10.0 Å². The topological polar surface area (TPSA) is 130 Å². The van der Waals surface area contributed by atoms with E-state index in [1.54, 1.807) is 23.1 Å². The van der Waals surface area contributed by atoms with Gasteiger partial charge in [0.2, 0.25) is 9.47 Å². The smallest absolute Gasteiger partial charge is 0.539 e. The number of hydrogen-bond acceptors (Lipinski definition) is 9. The second-order valence-corrected chi connectivity index (χ2v) is 9.94. The Balaban J connectivity index is 0.00000274. The fraction of sp³-hybridized carbons (Fsp3) is 0.0952. The number of nitrogens with zero attached hydrogens (tertiary/aromatic N) is 7. The molecule has 5 aromatic rings. The predicted molar refractivity (Wildman–Crippen MR) is 126 cm³/mol. The Hall–Kier alpha value is -2.74. The van der Waals surface area contributed by atoms with E-state index in [1.165, 1.54) is 0 Å². The van der Waals surface area contributed by atoms with Crippen LogP contribution in [0.3, 0.4) is 0 Å². The molecule has 4 aromatic heterocycles. The zero-order chi connectivity index (χ0) is 22.8. The fourth-order valence-electron chi connectivity index (χ4n) is 3.08. The molecule has 166 valence electrons. The van der Waals surface area contributed by atoms with Gasteiger partial charge in [-0.25, -0.2) is 13.4 Å². The maximum atomic E-state index is 12.5. The molecular weight excluding hydrogens is 483 g/mol. The van der Waals surface area contributed by atoms with Gasteiger partial charge in [-0.05, 0) is 18.2 Å². The summed E-state index contributed by atoms with van der Waals surface area (Å²) in [5.41, 5.74) is 4.03. The first-order valence-corrected chi connectivity index (χ1v) is 12.1. The monoisotopic (exact) mass is 500 g/mol. The first-order chi connectivity index (χ1) is 16.0. The summed E-state index contributed by atoms with van der Waals surface area (Å²) in [6, 6.07) is 14.6. The Morgan fingerprint density at radius 3 is 2.62 bits per heavy atom. The molecule has 0 spiro atoms. The molecule has 0 amide bonds. The van der Waals surface area contributed by atoms with Gasteiger partial charge in [0.1, 0.15) is 15.8 Å². The molecule has 0 aliphatic heterocycles. The number of fused-ring (bicyclic) bond motifs is 1. The van der Waals surface area contributed by atoms with Gasteiger partial charge in [-0.3, -0.25) is 9.67 Å². The van der Waals surface area contributed by atoms with E-state index in [2.05, 4.69) is 35.3 Å². The quantitative estimate of drug-likeness (QED) is 0.326. The van der Waals surface area contributed by atoms with Gasteiger partial charge in [0, 0.05) is 30.6 Å². The van der Waals surface area contributed by atoms with Gasteiger partial charge in [-0.2, -0.15) is 5.10 Å². The number of hydrogen-bond donors (Lipinski definition) is 1. The summed E-state index contributed by atoms with van der Waals surface area (Å²) in [5, 5.41) is 15.2. The average Bonchev–Trinajstić information content (AvgIpc) is 3.48. The number of rotatable bonds is 7. The molecule has 34 heavy (non-hydrogen) atoms. The number of nitrogens with one attached hydrogen (secondary N) is 1. The van der Waals surface area contributed by atoms with Gasteiger partial charge in [0.05, 0.1) is 17.2 Å². The van der Waals surface area contributed by atoms with E-state index in [4.69, 9.17) is 0 Å². The first kappa shape index (κ1) is 24.4. The summed E-state index contributed by atoms with van der Waals surface area (Å²) in [6.07, 6.45) is 5.43. The molecular formula is C21H17N8NaO2S2. The Bertz CT molecular complexity index is 1540. The van der Waals surface area contributed by atoms with E-state index in [0.29, 0.717) is 16.5 Å². The van der Waals surface area contributed by atoms with Gasteiger partial charge in [0.25, 0.3) is 0 Å². The minimum atomic E-state index is -3.91. The van der Waals surface area contributed by atoms with Gasteiger partial charge >= 0.3 is 29.6 Å². The van der Waals surface area contributed by atoms with Gasteiger partial charge in [-0.15, -0.1) is 16.7 Å². The van der Waals surface area contributed by atoms with Crippen molar-refractivity contribution in [2.75, 3.05) is 5.32 Å². The summed E-state index contributed by atoms with van der Waals surface area (Å²) in [6.45, 7) is 0.0456. The van der Waals surface area contributed by atoms with E-state index in [9.17, 15) is 8.42 Å². The second-order valence-electron chi connectivity index (χ2n) is 7.11. The van der Waals surface area contributed by atoms with Crippen molar-refractivity contribution >= 4 is 43.3 Å². The molecule has 0 saturated heterocycles. The van der Waals surface area contributed by atoms with Crippen molar-refractivity contribution in [3.63, 3.8) is 0 Å². The van der Waals surface area contributed by atoms with Crippen LogP contribution >= 0.6 is 11.3 Å². The third kappa shape index (κ3) is 5.49. The third-order valence-corrected chi connectivity index (χ3v) is 7.20. The molecule has 0 aliphatic rings. The van der Waals surface area contributed by atoms with Gasteiger partial charge in [0.15, 0.2) is 0 Å². The number of sulfonamides is 1. The minimum absolute atomic E-state index is 0. The van der Waals surface area contributed by atoms with Gasteiger partial charge in [-0.1, -0.05) is 47.2 Å². The van der Waals surface area contributed by atoms with Crippen molar-refractivity contribution in [3.05, 3.63) is 77.4 Å². The molecule has 13 heteroatoms. The number of anilines is 2. The largest absolute Gasteiger partial charge is 1.00 e. The van der Waals surface area contributed by atoms with Crippen LogP contribution in [0.4, 0.5) is 10.9 Å². The molecule has 0 radical (unpaired) electrons. The fourth-order valence-corrected chi connectivity index (χ4v) is 4.95. The second kappa shape index (κ2) is 10.3. The molecule has 0 unspecified atom stereocenters. The normalized spacial score (nSPS) is 11.3. The number of aryl methyl sites for hydroxylation is 1. The summed E-state index contributed by atoms with van der Waals surface area (Å²) in [7, 11) is -2.06. The minimum Gasteiger partial charge on any atom is -0.539 e. The van der Waals surface area contributed by atoms with Crippen molar-refractivity contribution < 1.29 is 38.0 Å². The zero-order valence-electron chi connectivity index (χ0n) is 18.3. The summed E-state index contributed by atoms with van der Waals surface area (Å²) in [5.74, 6) is 0.494. The van der Waals surface area contributed by atoms with Crippen LogP contribution in [-0.2, 0) is 23.6 Å². The molecule has 0 aliphatic carbocycles. The van der Waals surface area contributed by atoms with Crippen molar-refractivity contribution in [2.45, 2.75) is 10.9 Å². The van der Waals surface area contributed by atoms with Crippen LogP contribution in [0.2, 0.25) is 0 Å². The molecule has 5 rings (SSSR count). The zero-order valence-corrected chi connectivity index (χ0v) is 22.0. The Labute approximate surface area is 221 Å². The first-order valence-electron chi connectivity index (χ1n) is 9.80. The SMILES string of the molecule is Cn1cc(-c2cnc3ccc(Nc4nnc(S(=O)(=O)[N-]Cc5ccccc5)s4)nc3c2)cn1.[Na+]. The Morgan fingerprint density at radius 2 is 1.85 bits per heavy atom. The van der Waals surface area contributed by atoms with E-state index in [-0.39, 0.29) is 40.4 Å². The molecule has 0 fully saturated rings. The average molecular weight is 501 g/mol. The van der Waals surface area contributed by atoms with Crippen molar-refractivity contribution in [1.29, 1.82) is 0 Å². The molecule has 1 aromatic carbocycles. The van der Waals surface area contributed by atoms with Crippen molar-refractivity contribution in [3.8, 4) is 11.1 Å². The molecule has 10 nitrogen and oxygen atoms in total. The Morgan fingerprint density at radius 1 is 1.03 bits per heavy atom. The molecule has 1 N–H and O–H groups in total. The van der Waals surface area contributed by atoms with Crippen molar-refractivity contribution in [2.24, 2.45) is 7.05 Å². The third-order valence-electron chi connectivity index (χ3n) is 4.70. The van der Waals surface area contributed by atoms with E-state index in [1.807, 2.05) is 55.7 Å². The van der Waals surface area contributed by atoms with Crippen LogP contribution in [0.25, 0.3) is 26.9 Å².